The van der Waals surface area contributed by atoms with Gasteiger partial charge in [-0.05, 0) is 33.3 Å². The van der Waals surface area contributed by atoms with E-state index in [0.717, 1.165) is 11.1 Å². The lowest BCUT2D eigenvalue weighted by Crippen LogP contribution is -2.29. The van der Waals surface area contributed by atoms with E-state index >= 15 is 0 Å². The van der Waals surface area contributed by atoms with Crippen molar-refractivity contribution in [1.82, 2.24) is 0 Å². The monoisotopic (exact) mass is 456 g/mol. The lowest BCUT2D eigenvalue weighted by molar-refractivity contribution is 0.426. The molecule has 2 N–H and O–H groups in total. The third-order valence-electron chi connectivity index (χ3n) is 6.35. The van der Waals surface area contributed by atoms with Gasteiger partial charge in [0.25, 0.3) is 0 Å². The summed E-state index contributed by atoms with van der Waals surface area (Å²) in [6.07, 6.45) is 0. The predicted molar refractivity (Wildman–Crippen MR) is 145 cm³/mol. The smallest absolute Gasteiger partial charge is 0.423 e. The van der Waals surface area contributed by atoms with E-state index in [1.165, 1.54) is 42.4 Å². The van der Waals surface area contributed by atoms with E-state index in [9.17, 15) is 10.0 Å². The largest absolute Gasteiger partial charge is 0.488 e. The lowest BCUT2D eigenvalue weighted by Gasteiger charge is -2.11. The minimum absolute atomic E-state index is 0.493. The highest BCUT2D eigenvalue weighted by Crippen LogP contribution is 2.45. The third-order valence-corrected chi connectivity index (χ3v) is 7.63. The standard InChI is InChI=1S/C30H21BO2S/c32-31(33)22-18-16-21(17-19-22)24-12-6-14-27-28-15-7-13-26(30(28)34-29(24)27)25-11-5-4-10-23(25)20-8-2-1-3-9-20/h1-19,32-33H. The highest BCUT2D eigenvalue weighted by atomic mass is 32.1. The maximum atomic E-state index is 9.45. The van der Waals surface area contributed by atoms with Crippen LogP contribution in [0.25, 0.3) is 53.6 Å². The zero-order valence-corrected chi connectivity index (χ0v) is 19.2. The van der Waals surface area contributed by atoms with Crippen molar-refractivity contribution in [3.8, 4) is 33.4 Å². The van der Waals surface area contributed by atoms with Gasteiger partial charge < -0.3 is 10.0 Å². The highest BCUT2D eigenvalue weighted by Gasteiger charge is 2.16. The molecule has 162 valence electrons. The molecule has 2 nitrogen and oxygen atoms in total. The van der Waals surface area contributed by atoms with Crippen LogP contribution in [0, 0.1) is 0 Å². The second kappa shape index (κ2) is 8.58. The average Bonchev–Trinajstić information content (AvgIpc) is 3.28. The zero-order valence-electron chi connectivity index (χ0n) is 18.3. The van der Waals surface area contributed by atoms with Crippen molar-refractivity contribution in [3.05, 3.63) is 115 Å². The van der Waals surface area contributed by atoms with E-state index in [1.807, 2.05) is 29.5 Å². The van der Waals surface area contributed by atoms with Crippen LogP contribution in [-0.4, -0.2) is 17.2 Å². The molecule has 0 fully saturated rings. The molecule has 0 saturated heterocycles. The van der Waals surface area contributed by atoms with Crippen LogP contribution in [0.15, 0.2) is 115 Å². The Bertz CT molecular complexity index is 1620. The molecular weight excluding hydrogens is 435 g/mol. The van der Waals surface area contributed by atoms with Gasteiger partial charge >= 0.3 is 7.12 Å². The van der Waals surface area contributed by atoms with Crippen molar-refractivity contribution in [3.63, 3.8) is 0 Å². The van der Waals surface area contributed by atoms with Gasteiger partial charge in [0, 0.05) is 25.7 Å². The van der Waals surface area contributed by atoms with Gasteiger partial charge in [-0.25, -0.2) is 0 Å². The Kier molecular flexibility index (Phi) is 5.27. The summed E-state index contributed by atoms with van der Waals surface area (Å²) in [4.78, 5) is 0. The van der Waals surface area contributed by atoms with Gasteiger partial charge in [0.1, 0.15) is 0 Å². The molecule has 5 aromatic carbocycles. The van der Waals surface area contributed by atoms with E-state index in [-0.39, 0.29) is 0 Å². The molecule has 0 atom stereocenters. The Balaban J connectivity index is 1.57. The molecule has 1 aromatic heterocycles. The first kappa shape index (κ1) is 20.9. The van der Waals surface area contributed by atoms with E-state index in [0.29, 0.717) is 5.46 Å². The van der Waals surface area contributed by atoms with E-state index in [1.54, 1.807) is 12.1 Å². The quantitative estimate of drug-likeness (QED) is 0.289. The van der Waals surface area contributed by atoms with Crippen molar-refractivity contribution < 1.29 is 10.0 Å². The summed E-state index contributed by atoms with van der Waals surface area (Å²) in [5, 5.41) is 21.4. The first-order valence-corrected chi connectivity index (χ1v) is 12.1. The normalized spacial score (nSPS) is 11.2. The molecule has 0 saturated carbocycles. The first-order chi connectivity index (χ1) is 16.7. The van der Waals surface area contributed by atoms with Crippen molar-refractivity contribution in [2.45, 2.75) is 0 Å². The van der Waals surface area contributed by atoms with Crippen LogP contribution in [0.2, 0.25) is 0 Å². The maximum absolute atomic E-state index is 9.45. The molecule has 4 heteroatoms. The lowest BCUT2D eigenvalue weighted by atomic mass is 9.80. The fraction of sp³-hybridized carbons (Fsp3) is 0. The van der Waals surface area contributed by atoms with Gasteiger partial charge in [0.15, 0.2) is 0 Å². The summed E-state index contributed by atoms with van der Waals surface area (Å²) in [6.45, 7) is 0. The predicted octanol–water partition coefficient (Wildman–Crippen LogP) is 6.74. The molecule has 0 aliphatic rings. The number of benzene rings is 5. The summed E-state index contributed by atoms with van der Waals surface area (Å²) in [6, 6.07) is 39.6. The molecule has 0 aliphatic heterocycles. The molecule has 6 aromatic rings. The Labute approximate surface area is 202 Å². The number of thiophene rings is 1. The number of fused-ring (bicyclic) bond motifs is 3. The van der Waals surface area contributed by atoms with Crippen LogP contribution in [0.1, 0.15) is 0 Å². The minimum Gasteiger partial charge on any atom is -0.423 e. The maximum Gasteiger partial charge on any atom is 0.488 e. The van der Waals surface area contributed by atoms with Crippen LogP contribution in [-0.2, 0) is 0 Å². The SMILES string of the molecule is OB(O)c1ccc(-c2cccc3c2sc2c(-c4ccccc4-c4ccccc4)cccc23)cc1. The fourth-order valence-electron chi connectivity index (χ4n) is 4.68. The Morgan fingerprint density at radius 3 is 1.65 bits per heavy atom. The second-order valence-corrected chi connectivity index (χ2v) is 9.39. The molecule has 0 unspecified atom stereocenters. The summed E-state index contributed by atoms with van der Waals surface area (Å²) >= 11 is 1.82. The molecule has 0 aliphatic carbocycles. The molecule has 34 heavy (non-hydrogen) atoms. The molecule has 6 rings (SSSR count). The van der Waals surface area contributed by atoms with Crippen LogP contribution < -0.4 is 5.46 Å². The zero-order chi connectivity index (χ0) is 23.1. The van der Waals surface area contributed by atoms with Crippen LogP contribution in [0.4, 0.5) is 0 Å². The minimum atomic E-state index is -1.46. The number of rotatable bonds is 4. The average molecular weight is 456 g/mol. The van der Waals surface area contributed by atoms with Gasteiger partial charge in [-0.15, -0.1) is 11.3 Å². The molecule has 0 bridgehead atoms. The molecule has 1 heterocycles. The third kappa shape index (κ3) is 3.53. The summed E-state index contributed by atoms with van der Waals surface area (Å²) < 4.78 is 2.51. The van der Waals surface area contributed by atoms with Crippen LogP contribution in [0.5, 0.6) is 0 Å². The summed E-state index contributed by atoms with van der Waals surface area (Å²) in [5.74, 6) is 0. The fourth-order valence-corrected chi connectivity index (χ4v) is 6.05. The molecule has 0 spiro atoms. The van der Waals surface area contributed by atoms with E-state index in [2.05, 4.69) is 84.9 Å². The number of hydrogen-bond acceptors (Lipinski definition) is 3. The van der Waals surface area contributed by atoms with Gasteiger partial charge in [-0.2, -0.15) is 0 Å². The molecule has 0 amide bonds. The summed E-state index contributed by atoms with van der Waals surface area (Å²) in [5.41, 5.74) is 7.62. The van der Waals surface area contributed by atoms with E-state index < -0.39 is 7.12 Å². The first-order valence-electron chi connectivity index (χ1n) is 11.3. The van der Waals surface area contributed by atoms with Crippen molar-refractivity contribution in [2.75, 3.05) is 0 Å². The molecule has 0 radical (unpaired) electrons. The summed E-state index contributed by atoms with van der Waals surface area (Å²) in [7, 11) is -1.46. The van der Waals surface area contributed by atoms with Crippen LogP contribution in [0.3, 0.4) is 0 Å². The van der Waals surface area contributed by atoms with Crippen LogP contribution >= 0.6 is 11.3 Å². The van der Waals surface area contributed by atoms with Gasteiger partial charge in [0.2, 0.25) is 0 Å². The number of hydrogen-bond donors (Lipinski definition) is 2. The van der Waals surface area contributed by atoms with Crippen molar-refractivity contribution >= 4 is 44.1 Å². The Morgan fingerprint density at radius 2 is 0.971 bits per heavy atom. The highest BCUT2D eigenvalue weighted by molar-refractivity contribution is 7.26. The Hall–Kier alpha value is -3.70. The van der Waals surface area contributed by atoms with Gasteiger partial charge in [-0.3, -0.25) is 0 Å². The van der Waals surface area contributed by atoms with Gasteiger partial charge in [-0.1, -0.05) is 115 Å². The van der Waals surface area contributed by atoms with Gasteiger partial charge in [0.05, 0.1) is 0 Å². The second-order valence-electron chi connectivity index (χ2n) is 8.37. The Morgan fingerprint density at radius 1 is 0.441 bits per heavy atom. The van der Waals surface area contributed by atoms with E-state index in [4.69, 9.17) is 0 Å². The van der Waals surface area contributed by atoms with Crippen molar-refractivity contribution in [2.24, 2.45) is 0 Å². The van der Waals surface area contributed by atoms with Crippen molar-refractivity contribution in [1.29, 1.82) is 0 Å². The molecular formula is C30H21BO2S. The topological polar surface area (TPSA) is 40.5 Å².